The molecule has 1 aromatic carbocycles. The maximum absolute atomic E-state index is 11.9. The zero-order valence-electron chi connectivity index (χ0n) is 8.81. The van der Waals surface area contributed by atoms with Crippen LogP contribution in [0.5, 0.6) is 0 Å². The lowest BCUT2D eigenvalue weighted by Crippen LogP contribution is -2.13. The highest BCUT2D eigenvalue weighted by molar-refractivity contribution is 9.10. The highest BCUT2D eigenvalue weighted by atomic mass is 79.9. The predicted octanol–water partition coefficient (Wildman–Crippen LogP) is 2.62. The molecule has 4 nitrogen and oxygen atoms in total. The number of carbonyl (C=O) groups is 1. The van der Waals surface area contributed by atoms with Crippen LogP contribution in [0.1, 0.15) is 15.5 Å². The molecule has 1 heterocycles. The minimum Gasteiger partial charge on any atom is -0.325 e. The second-order valence-electron chi connectivity index (χ2n) is 3.26. The van der Waals surface area contributed by atoms with Gasteiger partial charge in [-0.05, 0) is 28.1 Å². The number of carbonyl (C=O) groups excluding carboxylic acids is 1. The van der Waals surface area contributed by atoms with Crippen LogP contribution < -0.4 is 11.1 Å². The third-order valence-corrected chi connectivity index (χ3v) is 3.64. The van der Waals surface area contributed by atoms with Crippen molar-refractivity contribution in [3.8, 4) is 0 Å². The summed E-state index contributed by atoms with van der Waals surface area (Å²) in [5.74, 6) is -0.229. The largest absolute Gasteiger partial charge is 0.325 e. The molecule has 2 rings (SSSR count). The van der Waals surface area contributed by atoms with E-state index in [1.807, 2.05) is 24.3 Å². The number of thiazole rings is 1. The SMILES string of the molecule is NCc1nc(C(=O)Nc2ccccc2Br)cs1. The minimum atomic E-state index is -0.229. The molecule has 0 saturated carbocycles. The summed E-state index contributed by atoms with van der Waals surface area (Å²) in [5.41, 5.74) is 6.57. The van der Waals surface area contributed by atoms with Gasteiger partial charge in [0, 0.05) is 16.4 Å². The number of hydrogen-bond acceptors (Lipinski definition) is 4. The molecule has 0 fully saturated rings. The number of nitrogens with one attached hydrogen (secondary N) is 1. The molecule has 0 bridgehead atoms. The number of aromatic nitrogens is 1. The van der Waals surface area contributed by atoms with Gasteiger partial charge in [-0.1, -0.05) is 12.1 Å². The van der Waals surface area contributed by atoms with E-state index in [4.69, 9.17) is 5.73 Å². The van der Waals surface area contributed by atoms with Gasteiger partial charge in [-0.2, -0.15) is 0 Å². The smallest absolute Gasteiger partial charge is 0.275 e. The molecule has 0 aliphatic heterocycles. The van der Waals surface area contributed by atoms with Crippen LogP contribution in [-0.2, 0) is 6.54 Å². The third-order valence-electron chi connectivity index (χ3n) is 2.08. The summed E-state index contributed by atoms with van der Waals surface area (Å²) in [6, 6.07) is 7.42. The zero-order chi connectivity index (χ0) is 12.3. The Morgan fingerprint density at radius 3 is 2.88 bits per heavy atom. The molecule has 2 aromatic rings. The summed E-state index contributed by atoms with van der Waals surface area (Å²) >= 11 is 4.75. The molecule has 88 valence electrons. The monoisotopic (exact) mass is 311 g/mol. The molecule has 0 atom stereocenters. The lowest BCUT2D eigenvalue weighted by molar-refractivity contribution is 0.102. The summed E-state index contributed by atoms with van der Waals surface area (Å²) < 4.78 is 0.836. The Morgan fingerprint density at radius 1 is 1.47 bits per heavy atom. The van der Waals surface area contributed by atoms with Crippen molar-refractivity contribution < 1.29 is 4.79 Å². The zero-order valence-corrected chi connectivity index (χ0v) is 11.2. The average Bonchev–Trinajstić information content (AvgIpc) is 2.81. The van der Waals surface area contributed by atoms with E-state index >= 15 is 0 Å². The molecular formula is C11H10BrN3OS. The van der Waals surface area contributed by atoms with Crippen molar-refractivity contribution in [1.82, 2.24) is 4.98 Å². The second kappa shape index (κ2) is 5.39. The molecule has 0 saturated heterocycles. The van der Waals surface area contributed by atoms with E-state index in [2.05, 4.69) is 26.2 Å². The number of nitrogens with zero attached hydrogens (tertiary/aromatic N) is 1. The fourth-order valence-electron chi connectivity index (χ4n) is 1.26. The van der Waals surface area contributed by atoms with Gasteiger partial charge in [-0.3, -0.25) is 4.79 Å². The van der Waals surface area contributed by atoms with Gasteiger partial charge >= 0.3 is 0 Å². The Labute approximate surface area is 111 Å². The fraction of sp³-hybridized carbons (Fsp3) is 0.0909. The van der Waals surface area contributed by atoms with E-state index in [-0.39, 0.29) is 5.91 Å². The number of halogens is 1. The standard InChI is InChI=1S/C11H10BrN3OS/c12-7-3-1-2-4-8(7)15-11(16)9-6-17-10(5-13)14-9/h1-4,6H,5,13H2,(H,15,16). The first-order valence-corrected chi connectivity index (χ1v) is 6.58. The summed E-state index contributed by atoms with van der Waals surface area (Å²) in [6.07, 6.45) is 0. The average molecular weight is 312 g/mol. The predicted molar refractivity (Wildman–Crippen MR) is 72.1 cm³/mol. The third kappa shape index (κ3) is 2.91. The molecule has 1 aromatic heterocycles. The van der Waals surface area contributed by atoms with Crippen molar-refractivity contribution >= 4 is 38.9 Å². The van der Waals surface area contributed by atoms with Gasteiger partial charge in [0.2, 0.25) is 0 Å². The van der Waals surface area contributed by atoms with Crippen LogP contribution in [-0.4, -0.2) is 10.9 Å². The first-order chi connectivity index (χ1) is 8.20. The molecule has 3 N–H and O–H groups in total. The Kier molecular flexibility index (Phi) is 3.88. The molecule has 0 radical (unpaired) electrons. The first kappa shape index (κ1) is 12.2. The molecular weight excluding hydrogens is 302 g/mol. The van der Waals surface area contributed by atoms with Gasteiger partial charge in [0.25, 0.3) is 5.91 Å². The van der Waals surface area contributed by atoms with Crippen LogP contribution in [0.3, 0.4) is 0 Å². The highest BCUT2D eigenvalue weighted by Crippen LogP contribution is 2.22. The Morgan fingerprint density at radius 2 is 2.24 bits per heavy atom. The van der Waals surface area contributed by atoms with Crippen molar-refractivity contribution in [2.75, 3.05) is 5.32 Å². The number of para-hydroxylation sites is 1. The van der Waals surface area contributed by atoms with Crippen LogP contribution in [0.4, 0.5) is 5.69 Å². The van der Waals surface area contributed by atoms with Gasteiger partial charge in [-0.25, -0.2) is 4.98 Å². The van der Waals surface area contributed by atoms with Crippen molar-refractivity contribution in [3.05, 3.63) is 44.8 Å². The van der Waals surface area contributed by atoms with Crippen molar-refractivity contribution in [3.63, 3.8) is 0 Å². The van der Waals surface area contributed by atoms with Gasteiger partial charge in [-0.15, -0.1) is 11.3 Å². The molecule has 17 heavy (non-hydrogen) atoms. The topological polar surface area (TPSA) is 68.0 Å². The summed E-state index contributed by atoms with van der Waals surface area (Å²) in [4.78, 5) is 16.0. The number of benzene rings is 1. The van der Waals surface area contributed by atoms with Crippen LogP contribution in [0.25, 0.3) is 0 Å². The molecule has 0 aliphatic carbocycles. The fourth-order valence-corrected chi connectivity index (χ4v) is 2.30. The Hall–Kier alpha value is -1.24. The van der Waals surface area contributed by atoms with E-state index < -0.39 is 0 Å². The lowest BCUT2D eigenvalue weighted by Gasteiger charge is -2.04. The van der Waals surface area contributed by atoms with Crippen molar-refractivity contribution in [2.45, 2.75) is 6.54 Å². The molecule has 0 aliphatic rings. The normalized spacial score (nSPS) is 10.2. The van der Waals surface area contributed by atoms with Crippen LogP contribution in [0, 0.1) is 0 Å². The Balaban J connectivity index is 2.14. The van der Waals surface area contributed by atoms with Gasteiger partial charge in [0.1, 0.15) is 10.7 Å². The van der Waals surface area contributed by atoms with Crippen LogP contribution in [0.15, 0.2) is 34.1 Å². The van der Waals surface area contributed by atoms with Crippen molar-refractivity contribution in [1.29, 1.82) is 0 Å². The summed E-state index contributed by atoms with van der Waals surface area (Å²) in [5, 5.41) is 5.24. The number of anilines is 1. The summed E-state index contributed by atoms with van der Waals surface area (Å²) in [6.45, 7) is 0.354. The molecule has 0 spiro atoms. The van der Waals surface area contributed by atoms with Crippen molar-refractivity contribution in [2.24, 2.45) is 5.73 Å². The second-order valence-corrected chi connectivity index (χ2v) is 5.06. The molecule has 6 heteroatoms. The van der Waals surface area contributed by atoms with E-state index in [0.29, 0.717) is 12.2 Å². The Bertz CT molecular complexity index is 541. The first-order valence-electron chi connectivity index (χ1n) is 4.91. The number of hydrogen-bond donors (Lipinski definition) is 2. The molecule has 0 unspecified atom stereocenters. The van der Waals surface area contributed by atoms with E-state index in [1.165, 1.54) is 11.3 Å². The van der Waals surface area contributed by atoms with Gasteiger partial charge in [0.05, 0.1) is 5.69 Å². The maximum atomic E-state index is 11.9. The van der Waals surface area contributed by atoms with Gasteiger partial charge in [0.15, 0.2) is 0 Å². The summed E-state index contributed by atoms with van der Waals surface area (Å²) in [7, 11) is 0. The quantitative estimate of drug-likeness (QED) is 0.915. The lowest BCUT2D eigenvalue weighted by atomic mass is 10.3. The molecule has 1 amide bonds. The van der Waals surface area contributed by atoms with Gasteiger partial charge < -0.3 is 11.1 Å². The van der Waals surface area contributed by atoms with E-state index in [9.17, 15) is 4.79 Å². The highest BCUT2D eigenvalue weighted by Gasteiger charge is 2.11. The van der Waals surface area contributed by atoms with E-state index in [0.717, 1.165) is 15.2 Å². The van der Waals surface area contributed by atoms with Crippen LogP contribution in [0.2, 0.25) is 0 Å². The number of nitrogens with two attached hydrogens (primary N) is 1. The maximum Gasteiger partial charge on any atom is 0.275 e. The van der Waals surface area contributed by atoms with Crippen LogP contribution >= 0.6 is 27.3 Å². The minimum absolute atomic E-state index is 0.229. The number of rotatable bonds is 3. The number of amides is 1. The van der Waals surface area contributed by atoms with E-state index in [1.54, 1.807) is 5.38 Å².